The van der Waals surface area contributed by atoms with Gasteiger partial charge in [-0.25, -0.2) is 4.79 Å². The van der Waals surface area contributed by atoms with E-state index in [1.165, 1.54) is 7.11 Å². The highest BCUT2D eigenvalue weighted by Gasteiger charge is 2.28. The van der Waals surface area contributed by atoms with Crippen molar-refractivity contribution >= 4 is 28.4 Å². The molecule has 27 heavy (non-hydrogen) atoms. The molecule has 1 fully saturated rings. The van der Waals surface area contributed by atoms with Gasteiger partial charge in [-0.15, -0.1) is 0 Å². The van der Waals surface area contributed by atoms with E-state index in [2.05, 4.69) is 19.6 Å². The number of piperidine rings is 1. The molecule has 144 valence electrons. The molecule has 5 nitrogen and oxygen atoms in total. The number of nitrogens with zero attached hydrogens (tertiary/aromatic N) is 2. The lowest BCUT2D eigenvalue weighted by Crippen LogP contribution is -2.42. The number of rotatable bonds is 6. The monoisotopic (exact) mass is 368 g/mol. The lowest BCUT2D eigenvalue weighted by Gasteiger charge is -2.32. The van der Waals surface area contributed by atoms with Crippen LogP contribution in [0.3, 0.4) is 0 Å². The molecular weight excluding hydrogens is 340 g/mol. The molecule has 0 bridgehead atoms. The number of hydrogen-bond donors (Lipinski definition) is 0. The number of para-hydroxylation sites is 1. The van der Waals surface area contributed by atoms with E-state index < -0.39 is 5.97 Å². The van der Waals surface area contributed by atoms with Crippen LogP contribution in [0.2, 0.25) is 0 Å². The van der Waals surface area contributed by atoms with E-state index in [0.717, 1.165) is 48.0 Å². The van der Waals surface area contributed by atoms with E-state index in [9.17, 15) is 9.59 Å². The van der Waals surface area contributed by atoms with Crippen LogP contribution in [0.4, 0.5) is 0 Å². The molecular formula is C22H28N2O3. The molecule has 1 aromatic carbocycles. The highest BCUT2D eigenvalue weighted by Crippen LogP contribution is 2.31. The maximum absolute atomic E-state index is 12.6. The molecule has 1 saturated heterocycles. The van der Waals surface area contributed by atoms with Crippen molar-refractivity contribution in [2.75, 3.05) is 20.2 Å². The number of hydrogen-bond acceptors (Lipinski definition) is 3. The molecule has 1 unspecified atom stereocenters. The van der Waals surface area contributed by atoms with Gasteiger partial charge in [-0.05, 0) is 37.3 Å². The topological polar surface area (TPSA) is 51.5 Å². The molecule has 1 aromatic heterocycles. The second kappa shape index (κ2) is 7.99. The van der Waals surface area contributed by atoms with E-state index >= 15 is 0 Å². The van der Waals surface area contributed by atoms with Crippen molar-refractivity contribution < 1.29 is 14.3 Å². The Morgan fingerprint density at radius 3 is 2.78 bits per heavy atom. The van der Waals surface area contributed by atoms with E-state index in [1.807, 2.05) is 34.7 Å². The van der Waals surface area contributed by atoms with Gasteiger partial charge >= 0.3 is 5.97 Å². The van der Waals surface area contributed by atoms with Crippen LogP contribution in [0.15, 0.2) is 30.8 Å². The third kappa shape index (κ3) is 3.51. The fourth-order valence-electron chi connectivity index (χ4n) is 4.20. The van der Waals surface area contributed by atoms with Gasteiger partial charge in [0, 0.05) is 37.0 Å². The van der Waals surface area contributed by atoms with Crippen LogP contribution in [0.5, 0.6) is 0 Å². The molecule has 1 amide bonds. The maximum atomic E-state index is 12.6. The van der Waals surface area contributed by atoms with Crippen LogP contribution in [0.25, 0.3) is 16.5 Å². The number of methoxy groups -OCH3 is 1. The molecule has 2 aromatic rings. The van der Waals surface area contributed by atoms with Crippen LogP contribution < -0.4 is 0 Å². The first-order chi connectivity index (χ1) is 13.0. The zero-order valence-electron chi connectivity index (χ0n) is 16.5. The summed E-state index contributed by atoms with van der Waals surface area (Å²) in [5.41, 5.74) is 3.24. The Morgan fingerprint density at radius 1 is 1.33 bits per heavy atom. The third-order valence-corrected chi connectivity index (χ3v) is 5.70. The predicted octanol–water partition coefficient (Wildman–Crippen LogP) is 3.56. The largest absolute Gasteiger partial charge is 0.465 e. The van der Waals surface area contributed by atoms with Crippen molar-refractivity contribution in [2.45, 2.75) is 32.6 Å². The van der Waals surface area contributed by atoms with E-state index in [-0.39, 0.29) is 11.8 Å². The van der Waals surface area contributed by atoms with Crippen molar-refractivity contribution in [3.8, 4) is 0 Å². The van der Waals surface area contributed by atoms with E-state index in [0.29, 0.717) is 18.5 Å². The van der Waals surface area contributed by atoms with Crippen LogP contribution in [0.1, 0.15) is 37.4 Å². The average Bonchev–Trinajstić information content (AvgIpc) is 2.98. The first-order valence-corrected chi connectivity index (χ1v) is 9.62. The van der Waals surface area contributed by atoms with Crippen LogP contribution in [-0.2, 0) is 27.8 Å². The Labute approximate surface area is 160 Å². The molecule has 1 aliphatic heterocycles. The molecule has 1 aliphatic rings. The number of aryl methyl sites for hydroxylation is 1. The predicted molar refractivity (Wildman–Crippen MR) is 107 cm³/mol. The van der Waals surface area contributed by atoms with Crippen LogP contribution >= 0.6 is 0 Å². The fourth-order valence-corrected chi connectivity index (χ4v) is 4.20. The zero-order valence-corrected chi connectivity index (χ0v) is 16.5. The summed E-state index contributed by atoms with van der Waals surface area (Å²) in [6.07, 6.45) is 3.63. The molecule has 3 rings (SSSR count). The third-order valence-electron chi connectivity index (χ3n) is 5.70. The van der Waals surface area contributed by atoms with Gasteiger partial charge in [0.2, 0.25) is 5.91 Å². The quantitative estimate of drug-likeness (QED) is 0.579. The van der Waals surface area contributed by atoms with Crippen LogP contribution in [0, 0.1) is 5.92 Å². The number of carbonyl (C=O) groups excluding carboxylic acids is 2. The Balaban J connectivity index is 1.94. The molecule has 1 atom stereocenters. The number of amides is 1. The minimum atomic E-state index is -0.428. The standard InChI is InChI=1S/C22H28N2O3/c1-5-16-9-8-13-24(21(16)25)14-12-18-17-10-6-7-11-19(17)23(3)20(18)15(2)22(26)27-4/h6-7,10-11,16H,2,5,8-9,12-14H2,1,3-4H3. The highest BCUT2D eigenvalue weighted by atomic mass is 16.5. The summed E-state index contributed by atoms with van der Waals surface area (Å²) < 4.78 is 6.89. The summed E-state index contributed by atoms with van der Waals surface area (Å²) in [5.74, 6) is -0.0182. The van der Waals surface area contributed by atoms with E-state index in [4.69, 9.17) is 4.74 Å². The second-order valence-electron chi connectivity index (χ2n) is 7.20. The summed E-state index contributed by atoms with van der Waals surface area (Å²) in [6.45, 7) is 7.52. The lowest BCUT2D eigenvalue weighted by atomic mass is 9.94. The van der Waals surface area contributed by atoms with Gasteiger partial charge in [0.05, 0.1) is 18.4 Å². The first-order valence-electron chi connectivity index (χ1n) is 9.62. The molecule has 5 heteroatoms. The van der Waals surface area contributed by atoms with Gasteiger partial charge in [-0.2, -0.15) is 0 Å². The SMILES string of the molecule is C=C(C(=O)OC)c1c(CCN2CCCC(CC)C2=O)c2ccccc2n1C. The van der Waals surface area contributed by atoms with E-state index in [1.54, 1.807) is 0 Å². The number of likely N-dealkylation sites (tertiary alicyclic amines) is 1. The van der Waals surface area contributed by atoms with Crippen molar-refractivity contribution in [3.63, 3.8) is 0 Å². The maximum Gasteiger partial charge on any atom is 0.339 e. The Morgan fingerprint density at radius 2 is 2.07 bits per heavy atom. The van der Waals surface area contributed by atoms with Crippen molar-refractivity contribution in [1.82, 2.24) is 9.47 Å². The normalized spacial score (nSPS) is 17.4. The molecule has 2 heterocycles. The molecule has 0 spiro atoms. The summed E-state index contributed by atoms with van der Waals surface area (Å²) in [7, 11) is 3.31. The van der Waals surface area contributed by atoms with Crippen molar-refractivity contribution in [1.29, 1.82) is 0 Å². The van der Waals surface area contributed by atoms with Gasteiger partial charge in [-0.3, -0.25) is 4.79 Å². The smallest absolute Gasteiger partial charge is 0.339 e. The number of aromatic nitrogens is 1. The van der Waals surface area contributed by atoms with Crippen LogP contribution in [-0.4, -0.2) is 41.5 Å². The molecule has 0 aliphatic carbocycles. The Bertz CT molecular complexity index is 881. The van der Waals surface area contributed by atoms with Crippen molar-refractivity contribution in [2.24, 2.45) is 13.0 Å². The fraction of sp³-hybridized carbons (Fsp3) is 0.455. The number of esters is 1. The van der Waals surface area contributed by atoms with Gasteiger partial charge in [0.25, 0.3) is 0 Å². The highest BCUT2D eigenvalue weighted by molar-refractivity contribution is 6.17. The number of fused-ring (bicyclic) bond motifs is 1. The van der Waals surface area contributed by atoms with Crippen molar-refractivity contribution in [3.05, 3.63) is 42.1 Å². The Hall–Kier alpha value is -2.56. The summed E-state index contributed by atoms with van der Waals surface area (Å²) in [6, 6.07) is 8.07. The van der Waals surface area contributed by atoms with Gasteiger partial charge in [0.1, 0.15) is 0 Å². The molecule has 0 saturated carbocycles. The van der Waals surface area contributed by atoms with Gasteiger partial charge in [0.15, 0.2) is 0 Å². The number of carbonyl (C=O) groups is 2. The van der Waals surface area contributed by atoms with Gasteiger partial charge < -0.3 is 14.2 Å². The van der Waals surface area contributed by atoms with Gasteiger partial charge in [-0.1, -0.05) is 31.7 Å². The zero-order chi connectivity index (χ0) is 19.6. The summed E-state index contributed by atoms with van der Waals surface area (Å²) in [4.78, 5) is 26.8. The minimum absolute atomic E-state index is 0.149. The summed E-state index contributed by atoms with van der Waals surface area (Å²) >= 11 is 0. The minimum Gasteiger partial charge on any atom is -0.465 e. The molecule has 0 radical (unpaired) electrons. The lowest BCUT2D eigenvalue weighted by molar-refractivity contribution is -0.138. The Kier molecular flexibility index (Phi) is 5.68. The molecule has 0 N–H and O–H groups in total. The number of ether oxygens (including phenoxy) is 1. The number of benzene rings is 1. The average molecular weight is 368 g/mol. The summed E-state index contributed by atoms with van der Waals surface area (Å²) in [5, 5.41) is 1.09. The second-order valence-corrected chi connectivity index (χ2v) is 7.20. The first kappa shape index (κ1) is 19.2.